The van der Waals surface area contributed by atoms with E-state index in [1.54, 1.807) is 7.11 Å². The molecule has 0 aliphatic carbocycles. The SMILES string of the molecule is COc1cccc(C(=O)C(CN(C)C)C(Cc2ccccc2)c2ccccc2)c1. The number of Topliss-reactive ketones (excluding diaryl/α,β-unsaturated/α-hetero) is 1. The Balaban J connectivity index is 2.01. The summed E-state index contributed by atoms with van der Waals surface area (Å²) >= 11 is 0. The van der Waals surface area contributed by atoms with Crippen molar-refractivity contribution in [3.63, 3.8) is 0 Å². The molecule has 29 heavy (non-hydrogen) atoms. The zero-order chi connectivity index (χ0) is 20.6. The quantitative estimate of drug-likeness (QED) is 0.480. The number of hydrogen-bond acceptors (Lipinski definition) is 3. The van der Waals surface area contributed by atoms with Crippen molar-refractivity contribution in [2.45, 2.75) is 12.3 Å². The molecule has 0 spiro atoms. The highest BCUT2D eigenvalue weighted by molar-refractivity contribution is 5.99. The van der Waals surface area contributed by atoms with E-state index in [0.717, 1.165) is 6.42 Å². The highest BCUT2D eigenvalue weighted by Crippen LogP contribution is 2.32. The van der Waals surface area contributed by atoms with Crippen LogP contribution in [-0.4, -0.2) is 38.4 Å². The second-order valence-electron chi connectivity index (χ2n) is 7.67. The van der Waals surface area contributed by atoms with Crippen molar-refractivity contribution < 1.29 is 9.53 Å². The van der Waals surface area contributed by atoms with Gasteiger partial charge in [-0.15, -0.1) is 0 Å². The Labute approximate surface area is 174 Å². The lowest BCUT2D eigenvalue weighted by atomic mass is 9.77. The fourth-order valence-corrected chi connectivity index (χ4v) is 3.84. The molecule has 3 rings (SSSR count). The molecule has 0 aliphatic rings. The molecule has 0 amide bonds. The van der Waals surface area contributed by atoms with Gasteiger partial charge in [-0.3, -0.25) is 4.79 Å². The third-order valence-electron chi connectivity index (χ3n) is 5.26. The standard InChI is InChI=1S/C26H29NO2/c1-27(2)19-25(26(28)22-15-10-16-23(18-22)29-3)24(21-13-8-5-9-14-21)17-20-11-6-4-7-12-20/h4-16,18,24-25H,17,19H2,1-3H3. The van der Waals surface area contributed by atoms with Crippen LogP contribution < -0.4 is 4.74 Å². The molecule has 3 aromatic carbocycles. The predicted molar refractivity (Wildman–Crippen MR) is 119 cm³/mol. The summed E-state index contributed by atoms with van der Waals surface area (Å²) in [4.78, 5) is 15.8. The number of carbonyl (C=O) groups excluding carboxylic acids is 1. The Morgan fingerprint density at radius 1 is 0.897 bits per heavy atom. The average molecular weight is 388 g/mol. The number of rotatable bonds is 9. The van der Waals surface area contributed by atoms with Crippen molar-refractivity contribution in [2.24, 2.45) is 5.92 Å². The molecule has 2 atom stereocenters. The minimum atomic E-state index is -0.167. The molecule has 0 radical (unpaired) electrons. The summed E-state index contributed by atoms with van der Waals surface area (Å²) in [6.07, 6.45) is 0.819. The smallest absolute Gasteiger partial charge is 0.167 e. The summed E-state index contributed by atoms with van der Waals surface area (Å²) in [6, 6.07) is 28.3. The van der Waals surface area contributed by atoms with E-state index in [0.29, 0.717) is 17.9 Å². The molecule has 0 fully saturated rings. The number of nitrogens with zero attached hydrogens (tertiary/aromatic N) is 1. The van der Waals surface area contributed by atoms with Crippen LogP contribution in [0.4, 0.5) is 0 Å². The molecule has 3 heteroatoms. The molecular weight excluding hydrogens is 358 g/mol. The van der Waals surface area contributed by atoms with Crippen molar-refractivity contribution in [3.8, 4) is 5.75 Å². The Kier molecular flexibility index (Phi) is 7.20. The van der Waals surface area contributed by atoms with Crippen LogP contribution in [0.1, 0.15) is 27.4 Å². The van der Waals surface area contributed by atoms with Crippen molar-refractivity contribution in [1.82, 2.24) is 4.90 Å². The van der Waals surface area contributed by atoms with Crippen LogP contribution in [0.5, 0.6) is 5.75 Å². The van der Waals surface area contributed by atoms with Gasteiger partial charge in [-0.25, -0.2) is 0 Å². The molecule has 0 aromatic heterocycles. The lowest BCUT2D eigenvalue weighted by molar-refractivity contribution is 0.0871. The predicted octanol–water partition coefficient (Wildman–Crippen LogP) is 5.08. The molecule has 0 saturated heterocycles. The zero-order valence-corrected chi connectivity index (χ0v) is 17.4. The lowest BCUT2D eigenvalue weighted by Gasteiger charge is -2.29. The summed E-state index contributed by atoms with van der Waals surface area (Å²) in [5, 5.41) is 0. The summed E-state index contributed by atoms with van der Waals surface area (Å²) in [7, 11) is 5.68. The summed E-state index contributed by atoms with van der Waals surface area (Å²) < 4.78 is 5.34. The van der Waals surface area contributed by atoms with Crippen molar-refractivity contribution in [3.05, 3.63) is 102 Å². The van der Waals surface area contributed by atoms with Gasteiger partial charge in [-0.2, -0.15) is 0 Å². The maximum Gasteiger partial charge on any atom is 0.167 e. The van der Waals surface area contributed by atoms with E-state index in [-0.39, 0.29) is 17.6 Å². The Morgan fingerprint density at radius 3 is 2.17 bits per heavy atom. The van der Waals surface area contributed by atoms with E-state index in [9.17, 15) is 4.79 Å². The first-order valence-corrected chi connectivity index (χ1v) is 10.0. The average Bonchev–Trinajstić information content (AvgIpc) is 2.77. The molecule has 0 heterocycles. The first-order chi connectivity index (χ1) is 14.1. The van der Waals surface area contributed by atoms with Crippen LogP contribution in [0.15, 0.2) is 84.9 Å². The van der Waals surface area contributed by atoms with Crippen molar-refractivity contribution in [1.29, 1.82) is 0 Å². The zero-order valence-electron chi connectivity index (χ0n) is 17.4. The van der Waals surface area contributed by atoms with E-state index < -0.39 is 0 Å². The number of hydrogen-bond donors (Lipinski definition) is 0. The third kappa shape index (κ3) is 5.55. The van der Waals surface area contributed by atoms with Crippen molar-refractivity contribution >= 4 is 5.78 Å². The van der Waals surface area contributed by atoms with Gasteiger partial charge in [0.1, 0.15) is 5.75 Å². The number of ketones is 1. The monoisotopic (exact) mass is 387 g/mol. The highest BCUT2D eigenvalue weighted by Gasteiger charge is 2.31. The number of ether oxygens (including phenoxy) is 1. The van der Waals surface area contributed by atoms with E-state index in [2.05, 4.69) is 53.4 Å². The molecular formula is C26H29NO2. The molecule has 150 valence electrons. The molecule has 0 aliphatic heterocycles. The molecule has 2 unspecified atom stereocenters. The van der Waals surface area contributed by atoms with E-state index in [1.165, 1.54) is 11.1 Å². The molecule has 3 aromatic rings. The van der Waals surface area contributed by atoms with Crippen molar-refractivity contribution in [2.75, 3.05) is 27.7 Å². The Bertz CT molecular complexity index is 906. The van der Waals surface area contributed by atoms with E-state index in [4.69, 9.17) is 4.74 Å². The minimum Gasteiger partial charge on any atom is -0.497 e. The maximum atomic E-state index is 13.7. The maximum absolute atomic E-state index is 13.7. The van der Waals surface area contributed by atoms with Gasteiger partial charge in [0.15, 0.2) is 5.78 Å². The molecule has 0 N–H and O–H groups in total. The Hall–Kier alpha value is -2.91. The number of carbonyl (C=O) groups is 1. The van der Waals surface area contributed by atoms with Gasteiger partial charge in [-0.1, -0.05) is 72.8 Å². The van der Waals surface area contributed by atoms with Gasteiger partial charge >= 0.3 is 0 Å². The van der Waals surface area contributed by atoms with Crippen LogP contribution in [0, 0.1) is 5.92 Å². The fourth-order valence-electron chi connectivity index (χ4n) is 3.84. The summed E-state index contributed by atoms with van der Waals surface area (Å²) in [5.74, 6) is 0.778. The molecule has 3 nitrogen and oxygen atoms in total. The van der Waals surface area contributed by atoms with Gasteiger partial charge in [0.2, 0.25) is 0 Å². The lowest BCUT2D eigenvalue weighted by Crippen LogP contribution is -2.33. The van der Waals surface area contributed by atoms with Crippen LogP contribution >= 0.6 is 0 Å². The van der Waals surface area contributed by atoms with Gasteiger partial charge < -0.3 is 9.64 Å². The molecule has 0 bridgehead atoms. The largest absolute Gasteiger partial charge is 0.497 e. The minimum absolute atomic E-state index is 0.0831. The highest BCUT2D eigenvalue weighted by atomic mass is 16.5. The molecule has 0 saturated carbocycles. The number of benzene rings is 3. The van der Waals surface area contributed by atoms with Crippen LogP contribution in [0.3, 0.4) is 0 Å². The van der Waals surface area contributed by atoms with Crippen LogP contribution in [-0.2, 0) is 6.42 Å². The second kappa shape index (κ2) is 10.0. The van der Waals surface area contributed by atoms with Crippen LogP contribution in [0.25, 0.3) is 0 Å². The Morgan fingerprint density at radius 2 is 1.55 bits per heavy atom. The van der Waals surface area contributed by atoms with Gasteiger partial charge in [0.05, 0.1) is 7.11 Å². The van der Waals surface area contributed by atoms with Gasteiger partial charge in [-0.05, 0) is 49.7 Å². The third-order valence-corrected chi connectivity index (χ3v) is 5.26. The fraction of sp³-hybridized carbons (Fsp3) is 0.269. The first kappa shape index (κ1) is 20.8. The second-order valence-corrected chi connectivity index (χ2v) is 7.67. The normalized spacial score (nSPS) is 13.1. The van der Waals surface area contributed by atoms with E-state index in [1.807, 2.05) is 50.5 Å². The van der Waals surface area contributed by atoms with E-state index >= 15 is 0 Å². The summed E-state index contributed by atoms with van der Waals surface area (Å²) in [5.41, 5.74) is 3.13. The number of methoxy groups -OCH3 is 1. The summed E-state index contributed by atoms with van der Waals surface area (Å²) in [6.45, 7) is 0.683. The topological polar surface area (TPSA) is 29.5 Å². The first-order valence-electron chi connectivity index (χ1n) is 10.0. The van der Waals surface area contributed by atoms with Crippen LogP contribution in [0.2, 0.25) is 0 Å². The van der Waals surface area contributed by atoms with Gasteiger partial charge in [0, 0.05) is 18.0 Å². The van der Waals surface area contributed by atoms with Gasteiger partial charge in [0.25, 0.3) is 0 Å².